The van der Waals surface area contributed by atoms with Gasteiger partial charge in [-0.2, -0.15) is 4.99 Å². The minimum Gasteiger partial charge on any atom is -0.362 e. The minimum absolute atomic E-state index is 0.0604. The normalized spacial score (nSPS) is 23.4. The van der Waals surface area contributed by atoms with Crippen molar-refractivity contribution in [3.63, 3.8) is 0 Å². The fourth-order valence-electron chi connectivity index (χ4n) is 5.43. The van der Waals surface area contributed by atoms with Crippen LogP contribution in [0.3, 0.4) is 0 Å². The number of hydrogen-bond acceptors (Lipinski definition) is 5. The van der Waals surface area contributed by atoms with E-state index in [1.54, 1.807) is 6.07 Å². The van der Waals surface area contributed by atoms with E-state index in [2.05, 4.69) is 28.9 Å². The summed E-state index contributed by atoms with van der Waals surface area (Å²) in [5.74, 6) is 0.868. The number of likely N-dealkylation sites (N-methyl/N-ethyl adjacent to an activating group) is 1. The highest BCUT2D eigenvalue weighted by atomic mass is 19.1. The van der Waals surface area contributed by atoms with E-state index < -0.39 is 5.92 Å². The minimum atomic E-state index is -0.424. The van der Waals surface area contributed by atoms with Crippen LogP contribution in [-0.4, -0.2) is 54.8 Å². The van der Waals surface area contributed by atoms with E-state index in [9.17, 15) is 9.18 Å². The van der Waals surface area contributed by atoms with Crippen LogP contribution in [0.1, 0.15) is 50.5 Å². The molecule has 2 aromatic carbocycles. The summed E-state index contributed by atoms with van der Waals surface area (Å²) >= 11 is 0. The molecule has 2 unspecified atom stereocenters. The van der Waals surface area contributed by atoms with Crippen LogP contribution in [0.5, 0.6) is 0 Å². The Balaban J connectivity index is 1.14. The molecule has 2 aromatic rings. The van der Waals surface area contributed by atoms with Gasteiger partial charge in [0.1, 0.15) is 11.7 Å². The Kier molecular flexibility index (Phi) is 7.72. The van der Waals surface area contributed by atoms with Crippen LogP contribution in [0.25, 0.3) is 11.1 Å². The summed E-state index contributed by atoms with van der Waals surface area (Å²) in [7, 11) is 4.03. The van der Waals surface area contributed by atoms with Crippen molar-refractivity contribution in [2.75, 3.05) is 14.1 Å². The Morgan fingerprint density at radius 3 is 2.50 bits per heavy atom. The zero-order valence-corrected chi connectivity index (χ0v) is 22.3. The number of halogens is 1. The SMILES string of the molecule is CC(C(=O)NC1CCC(NC2=NC3CC=CC=C3C(N(C)C)=N2)CC1)c1ccc(-c2ccccc2)c(F)c1. The van der Waals surface area contributed by atoms with Crippen molar-refractivity contribution in [1.29, 1.82) is 0 Å². The van der Waals surface area contributed by atoms with Crippen LogP contribution >= 0.6 is 0 Å². The van der Waals surface area contributed by atoms with Crippen molar-refractivity contribution < 1.29 is 9.18 Å². The summed E-state index contributed by atoms with van der Waals surface area (Å²) in [6.07, 6.45) is 10.8. The van der Waals surface area contributed by atoms with Gasteiger partial charge in [0.25, 0.3) is 0 Å². The third kappa shape index (κ3) is 5.72. The molecule has 198 valence electrons. The van der Waals surface area contributed by atoms with Crippen molar-refractivity contribution >= 4 is 17.7 Å². The Hall–Kier alpha value is -3.74. The number of hydrogen-bond donors (Lipinski definition) is 2. The maximum Gasteiger partial charge on any atom is 0.227 e. The van der Waals surface area contributed by atoms with Crippen molar-refractivity contribution in [1.82, 2.24) is 15.5 Å². The summed E-state index contributed by atoms with van der Waals surface area (Å²) in [4.78, 5) is 24.7. The molecule has 1 amide bonds. The van der Waals surface area contributed by atoms with Gasteiger partial charge >= 0.3 is 0 Å². The number of fused-ring (bicyclic) bond motifs is 1. The van der Waals surface area contributed by atoms with E-state index in [4.69, 9.17) is 9.98 Å². The molecule has 0 saturated heterocycles. The second-order valence-corrected chi connectivity index (χ2v) is 10.6. The Morgan fingerprint density at radius 2 is 1.79 bits per heavy atom. The highest BCUT2D eigenvalue weighted by Crippen LogP contribution is 2.28. The molecule has 0 radical (unpaired) electrons. The zero-order chi connectivity index (χ0) is 26.6. The summed E-state index contributed by atoms with van der Waals surface area (Å²) in [6, 6.07) is 15.1. The molecule has 7 heteroatoms. The van der Waals surface area contributed by atoms with Crippen molar-refractivity contribution in [3.8, 4) is 11.1 Å². The molecule has 0 bridgehead atoms. The van der Waals surface area contributed by atoms with E-state index in [0.717, 1.165) is 49.1 Å². The number of amides is 1. The third-order valence-corrected chi connectivity index (χ3v) is 7.68. The first-order valence-electron chi connectivity index (χ1n) is 13.5. The summed E-state index contributed by atoms with van der Waals surface area (Å²) in [5, 5.41) is 6.75. The molecule has 2 atom stereocenters. The number of allylic oxidation sites excluding steroid dienone is 2. The highest BCUT2D eigenvalue weighted by Gasteiger charge is 2.29. The van der Waals surface area contributed by atoms with Gasteiger partial charge in [-0.25, -0.2) is 9.38 Å². The summed E-state index contributed by atoms with van der Waals surface area (Å²) in [5.41, 5.74) is 3.22. The van der Waals surface area contributed by atoms with Gasteiger partial charge in [0, 0.05) is 37.3 Å². The van der Waals surface area contributed by atoms with Gasteiger partial charge in [-0.1, -0.05) is 60.7 Å². The van der Waals surface area contributed by atoms with Crippen molar-refractivity contribution in [2.45, 2.75) is 63.1 Å². The van der Waals surface area contributed by atoms with Gasteiger partial charge in [0.05, 0.1) is 12.0 Å². The number of carbonyl (C=O) groups is 1. The molecule has 2 aliphatic carbocycles. The maximum atomic E-state index is 14.8. The number of rotatable bonds is 5. The van der Waals surface area contributed by atoms with E-state index in [1.807, 2.05) is 62.3 Å². The lowest BCUT2D eigenvalue weighted by Gasteiger charge is -2.33. The van der Waals surface area contributed by atoms with E-state index >= 15 is 0 Å². The standard InChI is InChI=1S/C31H36FN5O/c1-20(22-13-18-25(27(32)19-22)21-9-5-4-6-10-21)30(38)33-23-14-16-24(17-15-23)34-31-35-28-12-8-7-11-26(28)29(36-31)37(2)3/h4-11,13,18-20,23-24,28H,12,14-17H2,1-3H3,(H,33,38)(H,34,35). The molecule has 1 fully saturated rings. The molecular formula is C31H36FN5O. The fraction of sp³-hybridized carbons (Fsp3) is 0.387. The average molecular weight is 514 g/mol. The number of nitrogens with zero attached hydrogens (tertiary/aromatic N) is 3. The lowest BCUT2D eigenvalue weighted by atomic mass is 9.90. The van der Waals surface area contributed by atoms with Crippen LogP contribution < -0.4 is 10.6 Å². The van der Waals surface area contributed by atoms with Gasteiger partial charge in [0.2, 0.25) is 11.9 Å². The molecular weight excluding hydrogens is 477 g/mol. The Bertz CT molecular complexity index is 1290. The molecule has 0 aromatic heterocycles. The van der Waals surface area contributed by atoms with Crippen molar-refractivity contribution in [2.24, 2.45) is 9.98 Å². The lowest BCUT2D eigenvalue weighted by Crippen LogP contribution is -2.46. The summed E-state index contributed by atoms with van der Waals surface area (Å²) < 4.78 is 14.8. The first-order valence-corrected chi connectivity index (χ1v) is 13.5. The monoisotopic (exact) mass is 513 g/mol. The molecule has 6 nitrogen and oxygen atoms in total. The van der Waals surface area contributed by atoms with Gasteiger partial charge in [0.15, 0.2) is 0 Å². The van der Waals surface area contributed by atoms with Crippen LogP contribution in [0, 0.1) is 5.82 Å². The van der Waals surface area contributed by atoms with Gasteiger partial charge in [-0.15, -0.1) is 0 Å². The molecule has 5 rings (SSSR count). The number of guanidine groups is 1. The molecule has 38 heavy (non-hydrogen) atoms. The summed E-state index contributed by atoms with van der Waals surface area (Å²) in [6.45, 7) is 1.84. The Labute approximate surface area is 224 Å². The van der Waals surface area contributed by atoms with Gasteiger partial charge in [-0.3, -0.25) is 4.79 Å². The smallest absolute Gasteiger partial charge is 0.227 e. The first kappa shape index (κ1) is 25.9. The molecule has 3 aliphatic rings. The van der Waals surface area contributed by atoms with Gasteiger partial charge < -0.3 is 15.5 Å². The van der Waals surface area contributed by atoms with Crippen LogP contribution in [0.2, 0.25) is 0 Å². The van der Waals surface area contributed by atoms with E-state index in [0.29, 0.717) is 17.1 Å². The lowest BCUT2D eigenvalue weighted by molar-refractivity contribution is -0.123. The fourth-order valence-corrected chi connectivity index (χ4v) is 5.43. The van der Waals surface area contributed by atoms with Crippen LogP contribution in [0.15, 0.2) is 82.3 Å². The predicted octanol–water partition coefficient (Wildman–Crippen LogP) is 5.20. The van der Waals surface area contributed by atoms with Crippen molar-refractivity contribution in [3.05, 3.63) is 83.7 Å². The zero-order valence-electron chi connectivity index (χ0n) is 22.3. The number of amidine groups is 1. The predicted molar refractivity (Wildman–Crippen MR) is 152 cm³/mol. The quantitative estimate of drug-likeness (QED) is 0.578. The number of carbonyl (C=O) groups excluding carboxylic acids is 1. The number of benzene rings is 2. The third-order valence-electron chi connectivity index (χ3n) is 7.68. The second kappa shape index (κ2) is 11.3. The number of nitrogens with one attached hydrogen (secondary N) is 2. The van der Waals surface area contributed by atoms with Crippen LogP contribution in [-0.2, 0) is 4.79 Å². The maximum absolute atomic E-state index is 14.8. The molecule has 0 spiro atoms. The van der Waals surface area contributed by atoms with E-state index in [1.165, 1.54) is 6.07 Å². The second-order valence-electron chi connectivity index (χ2n) is 10.6. The molecule has 2 N–H and O–H groups in total. The first-order chi connectivity index (χ1) is 18.4. The Morgan fingerprint density at radius 1 is 1.05 bits per heavy atom. The van der Waals surface area contributed by atoms with Crippen LogP contribution in [0.4, 0.5) is 4.39 Å². The molecule has 1 saturated carbocycles. The number of aliphatic imine (C=N–C) groups is 2. The molecule has 1 aliphatic heterocycles. The highest BCUT2D eigenvalue weighted by molar-refractivity contribution is 6.08. The topological polar surface area (TPSA) is 69.1 Å². The van der Waals surface area contributed by atoms with Gasteiger partial charge in [-0.05, 0) is 56.2 Å². The largest absolute Gasteiger partial charge is 0.362 e. The molecule has 1 heterocycles. The van der Waals surface area contributed by atoms with E-state index in [-0.39, 0.29) is 29.8 Å². The average Bonchev–Trinajstić information content (AvgIpc) is 2.93.